The van der Waals surface area contributed by atoms with Crippen molar-refractivity contribution >= 4 is 26.2 Å². The van der Waals surface area contributed by atoms with E-state index in [0.29, 0.717) is 52.0 Å². The normalized spacial score (nSPS) is 11.7. The molecule has 0 saturated heterocycles. The van der Waals surface area contributed by atoms with Gasteiger partial charge in [-0.05, 0) is 103 Å². The summed E-state index contributed by atoms with van der Waals surface area (Å²) in [7, 11) is 1.88. The summed E-state index contributed by atoms with van der Waals surface area (Å²) >= 11 is 0. The van der Waals surface area contributed by atoms with Gasteiger partial charge >= 0.3 is 196 Å². The molecule has 0 saturated carbocycles. The number of unbranched alkanes of at least 4 members (excludes halogenated alkanes) is 46. The minimum Gasteiger partial charge on any atom is -0.464 e. The number of carbonyl (C=O) groups is 2. The third-order valence-electron chi connectivity index (χ3n) is 18.2. The molecule has 0 aliphatic heterocycles. The molecule has 94 heavy (non-hydrogen) atoms. The van der Waals surface area contributed by atoms with Crippen LogP contribution < -0.4 is 10.6 Å². The quantitative estimate of drug-likeness (QED) is 0.0264. The Morgan fingerprint density at radius 2 is 0.532 bits per heavy atom. The van der Waals surface area contributed by atoms with E-state index >= 15 is 0 Å². The first-order chi connectivity index (χ1) is 46.5. The van der Waals surface area contributed by atoms with Crippen LogP contribution in [0.1, 0.15) is 387 Å². The molecule has 2 N–H and O–H groups in total. The number of allylic oxidation sites excluding steroid dienone is 8. The van der Waals surface area contributed by atoms with Crippen LogP contribution in [-0.2, 0) is 28.5 Å². The third-order valence-corrected chi connectivity index (χ3v) is 18.2. The molecule has 10 nitrogen and oxygen atoms in total. The zero-order valence-electron chi connectivity index (χ0n) is 63.2. The Hall–Kier alpha value is -2.53. The molecule has 0 atom stereocenters. The molecular formula is C82H158B2N4O6. The van der Waals surface area contributed by atoms with Crippen molar-refractivity contribution in [3.8, 4) is 0 Å². The minimum atomic E-state index is -0.142. The number of rotatable bonds is 78. The Morgan fingerprint density at radius 3 is 0.851 bits per heavy atom. The first-order valence-corrected chi connectivity index (χ1v) is 41.1. The van der Waals surface area contributed by atoms with Crippen molar-refractivity contribution in [3.05, 3.63) is 48.6 Å². The Morgan fingerprint density at radius 1 is 0.277 bits per heavy atom. The van der Waals surface area contributed by atoms with Crippen molar-refractivity contribution in [1.82, 2.24) is 20.4 Å². The second kappa shape index (κ2) is 86.6. The predicted molar refractivity (Wildman–Crippen MR) is 411 cm³/mol. The average molecular weight is 1320 g/mol. The molecule has 0 spiro atoms. The molecule has 0 bridgehead atoms. The smallest absolute Gasteiger partial charge is 0.464 e. The summed E-state index contributed by atoms with van der Waals surface area (Å²) in [5, 5.41) is 6.89. The number of hydrogen-bond acceptors (Lipinski definition) is 10. The number of carbonyl (C=O) groups excluding carboxylic acids is 2. The first-order valence-electron chi connectivity index (χ1n) is 41.1. The molecule has 0 aliphatic rings. The maximum atomic E-state index is 12.2. The molecule has 0 rings (SSSR count). The molecule has 0 amide bonds. The molecule has 0 fully saturated rings. The van der Waals surface area contributed by atoms with Crippen LogP contribution in [0.4, 0.5) is 0 Å². The average Bonchev–Trinajstić information content (AvgIpc) is 3.65. The van der Waals surface area contributed by atoms with Gasteiger partial charge < -0.3 is 15.4 Å². The molecule has 0 aromatic heterocycles. The van der Waals surface area contributed by atoms with Crippen LogP contribution in [0, 0.1) is 0 Å². The van der Waals surface area contributed by atoms with Crippen LogP contribution in [0.5, 0.6) is 0 Å². The monoisotopic (exact) mass is 1320 g/mol. The van der Waals surface area contributed by atoms with Crippen LogP contribution in [0.2, 0.25) is 0 Å². The molecule has 12 heteroatoms. The zero-order valence-corrected chi connectivity index (χ0v) is 63.2. The van der Waals surface area contributed by atoms with E-state index in [9.17, 15) is 19.0 Å². The first kappa shape index (κ1) is 93.5. The minimum absolute atomic E-state index is 0.0393. The van der Waals surface area contributed by atoms with Gasteiger partial charge in [-0.15, -0.1) is 0 Å². The van der Waals surface area contributed by atoms with Gasteiger partial charge in [-0.3, -0.25) is 4.79 Å². The summed E-state index contributed by atoms with van der Waals surface area (Å²) < 4.78 is 33.4. The van der Waals surface area contributed by atoms with Gasteiger partial charge in [-0.2, -0.15) is 0 Å². The van der Waals surface area contributed by atoms with Gasteiger partial charge in [-0.25, -0.2) is 0 Å². The van der Waals surface area contributed by atoms with E-state index in [-0.39, 0.29) is 11.9 Å². The van der Waals surface area contributed by atoms with E-state index in [1.807, 2.05) is 4.90 Å². The van der Waals surface area contributed by atoms with Gasteiger partial charge in [0.2, 0.25) is 0 Å². The van der Waals surface area contributed by atoms with E-state index in [1.165, 1.54) is 315 Å². The fourth-order valence-electron chi connectivity index (χ4n) is 11.9. The van der Waals surface area contributed by atoms with E-state index in [2.05, 4.69) is 91.8 Å². The number of nitrogens with zero attached hydrogens (tertiary/aromatic N) is 2. The SMILES string of the molecule is CCCCCCCC/C=C\CCCCCCCCN(CB=O)CCN(CB=O)CCOC(=O)CCCCCCC/C=C\CCCCCCCC.CCCCCCCC/C=C\CCCCCCCCNCCNCCOC(=O)CCCCCCC/C=C\CCCCCCCC. The molecule has 0 aliphatic carbocycles. The van der Waals surface area contributed by atoms with Gasteiger partial charge in [0.05, 0.1) is 0 Å². The van der Waals surface area contributed by atoms with Gasteiger partial charge in [-0.1, -0.05) is 238 Å². The summed E-state index contributed by atoms with van der Waals surface area (Å²) in [5.41, 5.74) is 0. The number of esters is 2. The number of ether oxygens (including phenoxy) is 2. The van der Waals surface area contributed by atoms with Gasteiger partial charge in [0, 0.05) is 26.1 Å². The Kier molecular flexibility index (Phi) is 86.1. The molecule has 0 unspecified atom stereocenters. The summed E-state index contributed by atoms with van der Waals surface area (Å²) in [5.74, 6) is -0.182. The summed E-state index contributed by atoms with van der Waals surface area (Å²) in [4.78, 5) is 28.3. The molecule has 548 valence electrons. The second-order valence-corrected chi connectivity index (χ2v) is 27.4. The summed E-state index contributed by atoms with van der Waals surface area (Å²) in [6.45, 7) is 16.5. The van der Waals surface area contributed by atoms with Crippen LogP contribution >= 0.6 is 0 Å². The van der Waals surface area contributed by atoms with Gasteiger partial charge in [0.25, 0.3) is 0 Å². The van der Waals surface area contributed by atoms with Crippen LogP contribution in [0.15, 0.2) is 48.6 Å². The van der Waals surface area contributed by atoms with Crippen LogP contribution in [0.3, 0.4) is 0 Å². The molecule has 0 aromatic rings. The summed E-state index contributed by atoms with van der Waals surface area (Å²) in [6, 6.07) is 0. The fraction of sp³-hybridized carbons (Fsp3) is 0.878. The topological polar surface area (TPSA) is 117 Å². The standard InChI is InChI=1S/C42H80B2N2O4.C40H78N2O2/c1-3-5-7-9-11-13-15-17-19-21-23-25-27-29-31-33-35-45(40-43-48)36-37-46(41-44-49)38-39-50-42(47)34-32-30-28-26-24-22-20-18-16-14-12-10-8-6-4-2;1-3-5-7-9-11-13-15-17-19-21-23-25-27-29-31-33-35-41-36-37-42-38-39-44-40(43)34-32-30-28-26-24-22-20-18-16-14-12-10-8-6-4-2/h17-20H,3-16,21-41H2,1-2H3;17-20,41-42H,3-16,21-39H2,1-2H3/b2*19-17-,20-18-. The van der Waals surface area contributed by atoms with E-state index in [0.717, 1.165) is 85.7 Å². The number of nitrogens with one attached hydrogen (secondary N) is 2. The van der Waals surface area contributed by atoms with Crippen molar-refractivity contribution < 1.29 is 28.5 Å². The van der Waals surface area contributed by atoms with Crippen LogP contribution in [-0.4, -0.2) is 114 Å². The van der Waals surface area contributed by atoms with Crippen molar-refractivity contribution in [2.45, 2.75) is 387 Å². The van der Waals surface area contributed by atoms with Crippen molar-refractivity contribution in [1.29, 1.82) is 0 Å². The van der Waals surface area contributed by atoms with E-state index in [1.54, 1.807) is 0 Å². The van der Waals surface area contributed by atoms with Crippen molar-refractivity contribution in [2.75, 3.05) is 78.5 Å². The molecule has 0 heterocycles. The van der Waals surface area contributed by atoms with Gasteiger partial charge in [0.15, 0.2) is 0 Å². The molecular weight excluding hydrogens is 1160 g/mol. The molecule has 0 radical (unpaired) electrons. The van der Waals surface area contributed by atoms with Gasteiger partial charge in [0.1, 0.15) is 6.61 Å². The van der Waals surface area contributed by atoms with Crippen LogP contribution in [0.25, 0.3) is 0 Å². The summed E-state index contributed by atoms with van der Waals surface area (Å²) in [6.07, 6.45) is 90.5. The Balaban J connectivity index is 0. The predicted octanol–water partition coefficient (Wildman–Crippen LogP) is 23.0. The third kappa shape index (κ3) is 83.7. The Bertz CT molecular complexity index is 1630. The zero-order chi connectivity index (χ0) is 68.3. The van der Waals surface area contributed by atoms with E-state index < -0.39 is 0 Å². The van der Waals surface area contributed by atoms with E-state index in [4.69, 9.17) is 9.47 Å². The Labute approximate surface area is 586 Å². The van der Waals surface area contributed by atoms with Crippen molar-refractivity contribution in [2.24, 2.45) is 0 Å². The fourth-order valence-corrected chi connectivity index (χ4v) is 11.9. The second-order valence-electron chi connectivity index (χ2n) is 27.4. The maximum absolute atomic E-state index is 12.2. The molecule has 0 aromatic carbocycles. The van der Waals surface area contributed by atoms with Crippen molar-refractivity contribution in [3.63, 3.8) is 0 Å². The number of hydrogen-bond donors (Lipinski definition) is 2.